The molecule has 0 fully saturated rings. The van der Waals surface area contributed by atoms with E-state index >= 15 is 0 Å². The summed E-state index contributed by atoms with van der Waals surface area (Å²) in [4.78, 5) is 23.3. The normalized spacial score (nSPS) is 10.9. The number of nitro benzene ring substituents is 1. The van der Waals surface area contributed by atoms with Crippen LogP contribution in [0.3, 0.4) is 0 Å². The van der Waals surface area contributed by atoms with Crippen molar-refractivity contribution in [1.82, 2.24) is 0 Å². The molecule has 0 atom stereocenters. The van der Waals surface area contributed by atoms with Crippen LogP contribution >= 0.6 is 23.2 Å². The number of nitrogens with zero attached hydrogens (tertiary/aromatic N) is 1. The van der Waals surface area contributed by atoms with Gasteiger partial charge in [-0.1, -0.05) is 41.4 Å². The minimum Gasteiger partial charge on any atom is -0.496 e. The second-order valence-electron chi connectivity index (χ2n) is 6.91. The van der Waals surface area contributed by atoms with E-state index in [0.29, 0.717) is 26.9 Å². The molecular weight excluding hydrogens is 453 g/mol. The summed E-state index contributed by atoms with van der Waals surface area (Å²) in [6.07, 6.45) is 3.08. The van der Waals surface area contributed by atoms with E-state index in [1.54, 1.807) is 55.5 Å². The fourth-order valence-corrected chi connectivity index (χ4v) is 3.28. The Balaban J connectivity index is 1.80. The lowest BCUT2D eigenvalue weighted by molar-refractivity contribution is -0.386. The maximum Gasteiger partial charge on any atom is 0.311 e. The summed E-state index contributed by atoms with van der Waals surface area (Å²) < 4.78 is 11.1. The van der Waals surface area contributed by atoms with E-state index in [2.05, 4.69) is 0 Å². The molecule has 0 N–H and O–H groups in total. The molecule has 0 amide bonds. The van der Waals surface area contributed by atoms with E-state index < -0.39 is 4.92 Å². The molecule has 6 nitrogen and oxygen atoms in total. The van der Waals surface area contributed by atoms with Crippen LogP contribution in [-0.2, 0) is 6.61 Å². The topological polar surface area (TPSA) is 78.7 Å². The third kappa shape index (κ3) is 5.66. The van der Waals surface area contributed by atoms with Crippen LogP contribution in [-0.4, -0.2) is 17.8 Å². The average Bonchev–Trinajstić information content (AvgIpc) is 2.78. The van der Waals surface area contributed by atoms with Crippen molar-refractivity contribution in [2.75, 3.05) is 7.11 Å². The highest BCUT2D eigenvalue weighted by molar-refractivity contribution is 6.42. The first kappa shape index (κ1) is 23.3. The van der Waals surface area contributed by atoms with Crippen molar-refractivity contribution in [1.29, 1.82) is 0 Å². The number of aryl methyl sites for hydroxylation is 1. The average molecular weight is 472 g/mol. The van der Waals surface area contributed by atoms with Gasteiger partial charge in [-0.15, -0.1) is 0 Å². The van der Waals surface area contributed by atoms with E-state index in [1.807, 2.05) is 0 Å². The molecule has 8 heteroatoms. The summed E-state index contributed by atoms with van der Waals surface area (Å²) in [7, 11) is 1.52. The first-order chi connectivity index (χ1) is 15.3. The van der Waals surface area contributed by atoms with Crippen LogP contribution < -0.4 is 9.47 Å². The molecular formula is C24H19Cl2NO5. The number of ketones is 1. The summed E-state index contributed by atoms with van der Waals surface area (Å²) in [5.41, 5.74) is 2.48. The lowest BCUT2D eigenvalue weighted by Gasteiger charge is -2.12. The summed E-state index contributed by atoms with van der Waals surface area (Å²) in [6.45, 7) is 1.82. The van der Waals surface area contributed by atoms with Gasteiger partial charge in [0.15, 0.2) is 11.5 Å². The van der Waals surface area contributed by atoms with Crippen molar-refractivity contribution < 1.29 is 19.2 Å². The van der Waals surface area contributed by atoms with Crippen molar-refractivity contribution in [2.24, 2.45) is 0 Å². The molecule has 0 unspecified atom stereocenters. The van der Waals surface area contributed by atoms with Crippen molar-refractivity contribution in [3.8, 4) is 11.5 Å². The molecule has 3 aromatic carbocycles. The van der Waals surface area contributed by atoms with Crippen molar-refractivity contribution in [3.05, 3.63) is 103 Å². The Hall–Kier alpha value is -3.35. The van der Waals surface area contributed by atoms with Gasteiger partial charge in [-0.25, -0.2) is 0 Å². The minimum absolute atomic E-state index is 0.0511. The predicted octanol–water partition coefficient (Wildman–Crippen LogP) is 6.69. The summed E-state index contributed by atoms with van der Waals surface area (Å²) in [5.74, 6) is 0.499. The van der Waals surface area contributed by atoms with E-state index in [4.69, 9.17) is 32.7 Å². The standard InChI is InChI=1S/C24H19Cl2NO5/c1-15-3-9-24(21(11-15)27(29)30)32-14-18-12-16(5-10-23(18)31-2)4-8-22(28)17-6-7-19(25)20(26)13-17/h3-13H,14H2,1-2H3/b8-4+. The summed E-state index contributed by atoms with van der Waals surface area (Å²) >= 11 is 11.9. The van der Waals surface area contributed by atoms with Gasteiger partial charge < -0.3 is 9.47 Å². The van der Waals surface area contributed by atoms with Crippen LogP contribution in [0.4, 0.5) is 5.69 Å². The largest absolute Gasteiger partial charge is 0.496 e. The number of rotatable bonds is 8. The highest BCUT2D eigenvalue weighted by Gasteiger charge is 2.16. The van der Waals surface area contributed by atoms with Crippen molar-refractivity contribution >= 4 is 40.7 Å². The van der Waals surface area contributed by atoms with E-state index in [9.17, 15) is 14.9 Å². The first-order valence-electron chi connectivity index (χ1n) is 9.50. The lowest BCUT2D eigenvalue weighted by Crippen LogP contribution is -2.02. The molecule has 0 aromatic heterocycles. The van der Waals surface area contributed by atoms with Crippen LogP contribution in [0.1, 0.15) is 27.0 Å². The number of carbonyl (C=O) groups is 1. The number of hydrogen-bond donors (Lipinski definition) is 0. The van der Waals surface area contributed by atoms with Crippen LogP contribution in [0, 0.1) is 17.0 Å². The fourth-order valence-electron chi connectivity index (χ4n) is 2.98. The van der Waals surface area contributed by atoms with Gasteiger partial charge >= 0.3 is 5.69 Å². The highest BCUT2D eigenvalue weighted by atomic mass is 35.5. The van der Waals surface area contributed by atoms with Crippen LogP contribution in [0.15, 0.2) is 60.7 Å². The summed E-state index contributed by atoms with van der Waals surface area (Å²) in [6, 6.07) is 14.8. The van der Waals surface area contributed by atoms with Crippen molar-refractivity contribution in [2.45, 2.75) is 13.5 Å². The molecule has 32 heavy (non-hydrogen) atoms. The minimum atomic E-state index is -0.479. The SMILES string of the molecule is COc1ccc(/C=C/C(=O)c2ccc(Cl)c(Cl)c2)cc1COc1ccc(C)cc1[N+](=O)[O-]. The number of halogens is 2. The molecule has 0 aliphatic heterocycles. The van der Waals surface area contributed by atoms with Gasteiger partial charge in [-0.2, -0.15) is 0 Å². The molecule has 3 aromatic rings. The van der Waals surface area contributed by atoms with Gasteiger partial charge in [0, 0.05) is 17.2 Å². The summed E-state index contributed by atoms with van der Waals surface area (Å²) in [5, 5.41) is 12.0. The maximum absolute atomic E-state index is 12.4. The number of ether oxygens (including phenoxy) is 2. The van der Waals surface area contributed by atoms with Gasteiger partial charge in [0.25, 0.3) is 0 Å². The molecule has 0 aliphatic rings. The van der Waals surface area contributed by atoms with Gasteiger partial charge in [0.1, 0.15) is 12.4 Å². The quantitative estimate of drug-likeness (QED) is 0.158. The van der Waals surface area contributed by atoms with Crippen molar-refractivity contribution in [3.63, 3.8) is 0 Å². The Morgan fingerprint density at radius 1 is 1.03 bits per heavy atom. The Kier molecular flexibility index (Phi) is 7.51. The molecule has 0 heterocycles. The van der Waals surface area contributed by atoms with E-state index in [-0.39, 0.29) is 23.8 Å². The highest BCUT2D eigenvalue weighted by Crippen LogP contribution is 2.30. The van der Waals surface area contributed by atoms with Crippen LogP contribution in [0.2, 0.25) is 10.0 Å². The van der Waals surface area contributed by atoms with Crippen LogP contribution in [0.5, 0.6) is 11.5 Å². The number of carbonyl (C=O) groups excluding carboxylic acids is 1. The van der Waals surface area contributed by atoms with Gasteiger partial charge in [0.2, 0.25) is 0 Å². The fraction of sp³-hybridized carbons (Fsp3) is 0.125. The van der Waals surface area contributed by atoms with Gasteiger partial charge in [0.05, 0.1) is 22.1 Å². The molecule has 3 rings (SSSR count). The number of methoxy groups -OCH3 is 1. The Morgan fingerprint density at radius 3 is 2.47 bits per heavy atom. The number of allylic oxidation sites excluding steroid dienone is 1. The predicted molar refractivity (Wildman–Crippen MR) is 125 cm³/mol. The van der Waals surface area contributed by atoms with Crippen LogP contribution in [0.25, 0.3) is 6.08 Å². The third-order valence-corrected chi connectivity index (χ3v) is 5.37. The Labute approximate surface area is 195 Å². The zero-order chi connectivity index (χ0) is 23.3. The number of benzene rings is 3. The first-order valence-corrected chi connectivity index (χ1v) is 10.3. The van der Waals surface area contributed by atoms with E-state index in [1.165, 1.54) is 25.3 Å². The lowest BCUT2D eigenvalue weighted by atomic mass is 10.1. The smallest absolute Gasteiger partial charge is 0.311 e. The monoisotopic (exact) mass is 471 g/mol. The third-order valence-electron chi connectivity index (χ3n) is 4.63. The molecule has 164 valence electrons. The molecule has 0 saturated heterocycles. The Bertz CT molecular complexity index is 1210. The molecule has 0 bridgehead atoms. The second kappa shape index (κ2) is 10.3. The van der Waals surface area contributed by atoms with E-state index in [0.717, 1.165) is 11.1 Å². The number of nitro groups is 1. The molecule has 0 aliphatic carbocycles. The zero-order valence-electron chi connectivity index (χ0n) is 17.3. The zero-order valence-corrected chi connectivity index (χ0v) is 18.8. The Morgan fingerprint density at radius 2 is 1.78 bits per heavy atom. The molecule has 0 radical (unpaired) electrons. The number of hydrogen-bond acceptors (Lipinski definition) is 5. The second-order valence-corrected chi connectivity index (χ2v) is 7.73. The maximum atomic E-state index is 12.4. The molecule has 0 spiro atoms. The molecule has 0 saturated carbocycles. The van der Waals surface area contributed by atoms with Gasteiger partial charge in [-0.05, 0) is 60.5 Å². The van der Waals surface area contributed by atoms with Gasteiger partial charge in [-0.3, -0.25) is 14.9 Å².